The lowest BCUT2D eigenvalue weighted by Gasteiger charge is -2.18. The maximum atomic E-state index is 12.7. The molecule has 9 nitrogen and oxygen atoms in total. The SMILES string of the molecule is C=C(C)c1cnc(C(=O)N[C@H]2CCN(c3ccc4ncc(C(=O)NCC(F)F)n4n3)C2)cc1C. The van der Waals surface area contributed by atoms with Crippen molar-refractivity contribution in [3.8, 4) is 0 Å². The molecule has 0 aromatic carbocycles. The second-order valence-electron chi connectivity index (χ2n) is 8.28. The van der Waals surface area contributed by atoms with E-state index in [4.69, 9.17) is 0 Å². The van der Waals surface area contributed by atoms with Crippen LogP contribution in [0, 0.1) is 6.92 Å². The van der Waals surface area contributed by atoms with Crippen molar-refractivity contribution in [2.24, 2.45) is 0 Å². The number of rotatable bonds is 7. The molecule has 1 atom stereocenters. The predicted molar refractivity (Wildman–Crippen MR) is 123 cm³/mol. The van der Waals surface area contributed by atoms with Gasteiger partial charge >= 0.3 is 0 Å². The van der Waals surface area contributed by atoms with Gasteiger partial charge in [0.1, 0.15) is 11.5 Å². The summed E-state index contributed by atoms with van der Waals surface area (Å²) < 4.78 is 26.2. The van der Waals surface area contributed by atoms with Gasteiger partial charge in [0.2, 0.25) is 0 Å². The molecule has 3 aromatic heterocycles. The first-order valence-electron chi connectivity index (χ1n) is 10.8. The van der Waals surface area contributed by atoms with Crippen LogP contribution < -0.4 is 15.5 Å². The predicted octanol–water partition coefficient (Wildman–Crippen LogP) is 2.47. The minimum Gasteiger partial charge on any atom is -0.353 e. The number of hydrogen-bond acceptors (Lipinski definition) is 6. The van der Waals surface area contributed by atoms with Crippen LogP contribution >= 0.6 is 0 Å². The average Bonchev–Trinajstić information content (AvgIpc) is 3.43. The van der Waals surface area contributed by atoms with Crippen LogP contribution in [-0.2, 0) is 0 Å². The molecule has 11 heteroatoms. The topological polar surface area (TPSA) is 105 Å². The minimum absolute atomic E-state index is 0.0706. The van der Waals surface area contributed by atoms with Gasteiger partial charge in [-0.05, 0) is 55.2 Å². The summed E-state index contributed by atoms with van der Waals surface area (Å²) in [7, 11) is 0. The Balaban J connectivity index is 1.43. The zero-order chi connectivity index (χ0) is 24.4. The van der Waals surface area contributed by atoms with Gasteiger partial charge in [0, 0.05) is 25.3 Å². The summed E-state index contributed by atoms with van der Waals surface area (Å²) in [4.78, 5) is 35.3. The molecular formula is C23H25F2N7O2. The summed E-state index contributed by atoms with van der Waals surface area (Å²) in [6, 6.07) is 5.12. The first kappa shape index (κ1) is 23.3. The van der Waals surface area contributed by atoms with Crippen molar-refractivity contribution in [3.63, 3.8) is 0 Å². The fraction of sp³-hybridized carbons (Fsp3) is 0.348. The molecule has 0 aliphatic carbocycles. The number of carbonyl (C=O) groups excluding carboxylic acids is 2. The Hall–Kier alpha value is -3.89. The molecule has 1 fully saturated rings. The lowest BCUT2D eigenvalue weighted by molar-refractivity contribution is 0.0884. The highest BCUT2D eigenvalue weighted by Crippen LogP contribution is 2.20. The van der Waals surface area contributed by atoms with Gasteiger partial charge in [-0.2, -0.15) is 0 Å². The third-order valence-electron chi connectivity index (χ3n) is 5.65. The molecule has 0 bridgehead atoms. The van der Waals surface area contributed by atoms with Gasteiger partial charge in [-0.15, -0.1) is 5.10 Å². The van der Waals surface area contributed by atoms with Crippen molar-refractivity contribution < 1.29 is 18.4 Å². The first-order chi connectivity index (χ1) is 16.2. The number of carbonyl (C=O) groups is 2. The van der Waals surface area contributed by atoms with Crippen molar-refractivity contribution in [1.29, 1.82) is 0 Å². The lowest BCUT2D eigenvalue weighted by atomic mass is 10.0. The lowest BCUT2D eigenvalue weighted by Crippen LogP contribution is -2.37. The van der Waals surface area contributed by atoms with Gasteiger partial charge in [0.25, 0.3) is 18.2 Å². The van der Waals surface area contributed by atoms with Crippen LogP contribution in [0.1, 0.15) is 45.4 Å². The van der Waals surface area contributed by atoms with Crippen LogP contribution in [0.2, 0.25) is 0 Å². The third kappa shape index (κ3) is 4.87. The molecule has 4 rings (SSSR count). The molecule has 34 heavy (non-hydrogen) atoms. The van der Waals surface area contributed by atoms with Crippen LogP contribution in [0.4, 0.5) is 14.6 Å². The number of nitrogens with zero attached hydrogens (tertiary/aromatic N) is 5. The number of anilines is 1. The summed E-state index contributed by atoms with van der Waals surface area (Å²) in [5, 5.41) is 9.65. The van der Waals surface area contributed by atoms with E-state index in [0.717, 1.165) is 16.7 Å². The van der Waals surface area contributed by atoms with Crippen LogP contribution in [0.15, 0.2) is 37.2 Å². The number of alkyl halides is 2. The van der Waals surface area contributed by atoms with Crippen molar-refractivity contribution in [3.05, 3.63) is 59.7 Å². The molecule has 2 N–H and O–H groups in total. The number of imidazole rings is 1. The molecule has 0 unspecified atom stereocenters. The fourth-order valence-electron chi connectivity index (χ4n) is 3.92. The number of halogens is 2. The Bertz CT molecular complexity index is 1260. The number of hydrogen-bond donors (Lipinski definition) is 2. The van der Waals surface area contributed by atoms with E-state index in [1.54, 1.807) is 24.4 Å². The van der Waals surface area contributed by atoms with Gasteiger partial charge in [-0.25, -0.2) is 18.3 Å². The number of aryl methyl sites for hydroxylation is 1. The van der Waals surface area contributed by atoms with Gasteiger partial charge in [0.05, 0.1) is 12.7 Å². The Morgan fingerprint density at radius 3 is 2.74 bits per heavy atom. The van der Waals surface area contributed by atoms with Crippen LogP contribution in [0.3, 0.4) is 0 Å². The number of pyridine rings is 1. The molecular weight excluding hydrogens is 444 g/mol. The summed E-state index contributed by atoms with van der Waals surface area (Å²) in [6.45, 7) is 8.15. The molecule has 0 spiro atoms. The Kier molecular flexibility index (Phi) is 6.53. The fourth-order valence-corrected chi connectivity index (χ4v) is 3.92. The highest BCUT2D eigenvalue weighted by molar-refractivity contribution is 5.93. The Labute approximate surface area is 194 Å². The second kappa shape index (κ2) is 9.54. The van der Waals surface area contributed by atoms with Crippen molar-refractivity contribution in [2.45, 2.75) is 32.7 Å². The summed E-state index contributed by atoms with van der Waals surface area (Å²) in [6.07, 6.45) is 1.02. The van der Waals surface area contributed by atoms with E-state index < -0.39 is 18.9 Å². The summed E-state index contributed by atoms with van der Waals surface area (Å²) in [5.41, 5.74) is 3.59. The number of amides is 2. The zero-order valence-electron chi connectivity index (χ0n) is 18.9. The number of allylic oxidation sites excluding steroid dienone is 1. The van der Waals surface area contributed by atoms with Gasteiger partial charge in [-0.3, -0.25) is 14.6 Å². The van der Waals surface area contributed by atoms with Gasteiger partial charge < -0.3 is 15.5 Å². The highest BCUT2D eigenvalue weighted by Gasteiger charge is 2.26. The average molecular weight is 469 g/mol. The van der Waals surface area contributed by atoms with Crippen LogP contribution in [-0.4, -0.2) is 63.5 Å². The Morgan fingerprint density at radius 1 is 1.24 bits per heavy atom. The van der Waals surface area contributed by atoms with E-state index in [1.807, 2.05) is 18.7 Å². The minimum atomic E-state index is -2.65. The van der Waals surface area contributed by atoms with E-state index in [9.17, 15) is 18.4 Å². The molecule has 1 saturated heterocycles. The molecule has 1 aliphatic heterocycles. The number of aromatic nitrogens is 4. The first-order valence-corrected chi connectivity index (χ1v) is 10.8. The number of nitrogens with one attached hydrogen (secondary N) is 2. The van der Waals surface area contributed by atoms with E-state index in [0.29, 0.717) is 36.7 Å². The van der Waals surface area contributed by atoms with Gasteiger partial charge in [0.15, 0.2) is 11.3 Å². The summed E-state index contributed by atoms with van der Waals surface area (Å²) >= 11 is 0. The van der Waals surface area contributed by atoms with Crippen LogP contribution in [0.5, 0.6) is 0 Å². The van der Waals surface area contributed by atoms with Crippen molar-refractivity contribution in [2.75, 3.05) is 24.5 Å². The molecule has 1 aliphatic rings. The monoisotopic (exact) mass is 469 g/mol. The molecule has 4 heterocycles. The van der Waals surface area contributed by atoms with E-state index in [-0.39, 0.29) is 17.6 Å². The second-order valence-corrected chi connectivity index (χ2v) is 8.28. The smallest absolute Gasteiger partial charge is 0.271 e. The highest BCUT2D eigenvalue weighted by atomic mass is 19.3. The quantitative estimate of drug-likeness (QED) is 0.551. The van der Waals surface area contributed by atoms with Crippen LogP contribution in [0.25, 0.3) is 11.2 Å². The molecule has 0 radical (unpaired) electrons. The maximum absolute atomic E-state index is 12.7. The standard InChI is InChI=1S/C23H25F2N7O2/c1-13(2)16-9-26-17(8-14(16)3)22(33)29-15-6-7-31(12-15)21-5-4-20-27-10-18(32(20)30-21)23(34)28-11-19(24)25/h4-5,8-10,15,19H,1,6-7,11-12H2,2-3H3,(H,28,34)(H,29,33)/t15-/m0/s1. The zero-order valence-corrected chi connectivity index (χ0v) is 18.9. The molecule has 0 saturated carbocycles. The Morgan fingerprint density at radius 2 is 2.03 bits per heavy atom. The molecule has 2 amide bonds. The normalized spacial score (nSPS) is 15.7. The maximum Gasteiger partial charge on any atom is 0.271 e. The largest absolute Gasteiger partial charge is 0.353 e. The summed E-state index contributed by atoms with van der Waals surface area (Å²) in [5.74, 6) is -0.339. The van der Waals surface area contributed by atoms with E-state index in [1.165, 1.54) is 10.7 Å². The van der Waals surface area contributed by atoms with Gasteiger partial charge in [-0.1, -0.05) is 6.58 Å². The van der Waals surface area contributed by atoms with Crippen molar-refractivity contribution in [1.82, 2.24) is 30.2 Å². The van der Waals surface area contributed by atoms with E-state index >= 15 is 0 Å². The third-order valence-corrected chi connectivity index (χ3v) is 5.65. The van der Waals surface area contributed by atoms with E-state index in [2.05, 4.69) is 32.3 Å². The molecule has 178 valence electrons. The number of fused-ring (bicyclic) bond motifs is 1. The molecule has 3 aromatic rings. The van der Waals surface area contributed by atoms with Crippen molar-refractivity contribution >= 4 is 28.9 Å².